The lowest BCUT2D eigenvalue weighted by molar-refractivity contribution is -0.129. The first-order chi connectivity index (χ1) is 16.2. The number of aliphatic imine (C=N–C) groups is 1. The van der Waals surface area contributed by atoms with Crippen molar-refractivity contribution in [2.75, 3.05) is 7.11 Å². The molecule has 1 aliphatic rings. The van der Waals surface area contributed by atoms with Crippen molar-refractivity contribution >= 4 is 85.6 Å². The van der Waals surface area contributed by atoms with E-state index in [0.29, 0.717) is 21.7 Å². The zero-order valence-corrected chi connectivity index (χ0v) is 22.5. The maximum atomic E-state index is 12.5. The number of hydrogen-bond donors (Lipinski definition) is 0. The van der Waals surface area contributed by atoms with Gasteiger partial charge in [0.15, 0.2) is 17.2 Å². The van der Waals surface area contributed by atoms with Crippen molar-refractivity contribution in [2.45, 2.75) is 0 Å². The highest BCUT2D eigenvalue weighted by molar-refractivity contribution is 14.1. The van der Waals surface area contributed by atoms with Crippen molar-refractivity contribution in [3.05, 3.63) is 95.1 Å². The number of esters is 2. The Hall–Kier alpha value is -2.40. The van der Waals surface area contributed by atoms with Gasteiger partial charge < -0.3 is 14.2 Å². The second-order valence-electron chi connectivity index (χ2n) is 6.90. The van der Waals surface area contributed by atoms with Gasteiger partial charge in [0.25, 0.3) is 0 Å². The van der Waals surface area contributed by atoms with Crippen LogP contribution in [-0.4, -0.2) is 24.9 Å². The molecule has 0 unspecified atom stereocenters. The van der Waals surface area contributed by atoms with Gasteiger partial charge in [0.1, 0.15) is 0 Å². The molecule has 10 heteroatoms. The summed E-state index contributed by atoms with van der Waals surface area (Å²) in [5.74, 6) is -0.773. The van der Waals surface area contributed by atoms with Crippen molar-refractivity contribution in [2.24, 2.45) is 4.99 Å². The van der Waals surface area contributed by atoms with Gasteiger partial charge in [-0.3, -0.25) is 0 Å². The maximum absolute atomic E-state index is 12.5. The Morgan fingerprint density at radius 3 is 2.53 bits per heavy atom. The smallest absolute Gasteiger partial charge is 0.363 e. The summed E-state index contributed by atoms with van der Waals surface area (Å²) in [6.45, 7) is 0. The molecule has 0 N–H and O–H groups in total. The Kier molecular flexibility index (Phi) is 7.61. The van der Waals surface area contributed by atoms with Gasteiger partial charge in [0.2, 0.25) is 5.90 Å². The van der Waals surface area contributed by atoms with Crippen molar-refractivity contribution in [1.82, 2.24) is 0 Å². The number of benzene rings is 3. The molecule has 0 radical (unpaired) electrons. The third-order valence-corrected chi connectivity index (χ3v) is 7.49. The molecule has 0 bridgehead atoms. The van der Waals surface area contributed by atoms with Gasteiger partial charge in [-0.25, -0.2) is 14.6 Å². The second-order valence-corrected chi connectivity index (χ2v) is 9.76. The molecule has 6 nitrogen and oxygen atoms in total. The number of hydrogen-bond acceptors (Lipinski definition) is 6. The summed E-state index contributed by atoms with van der Waals surface area (Å²) < 4.78 is 18.0. The monoisotopic (exact) mass is 671 g/mol. The second kappa shape index (κ2) is 10.5. The Morgan fingerprint density at radius 1 is 1.12 bits per heavy atom. The van der Waals surface area contributed by atoms with E-state index in [1.54, 1.807) is 18.2 Å². The molecule has 0 saturated carbocycles. The lowest BCUT2D eigenvalue weighted by atomic mass is 10.1. The summed E-state index contributed by atoms with van der Waals surface area (Å²) in [6.07, 6.45) is 1.51. The van der Waals surface area contributed by atoms with Gasteiger partial charge in [0, 0.05) is 18.6 Å². The van der Waals surface area contributed by atoms with E-state index in [2.05, 4.69) is 43.5 Å². The van der Waals surface area contributed by atoms with Crippen LogP contribution in [0.25, 0.3) is 6.08 Å². The summed E-state index contributed by atoms with van der Waals surface area (Å²) in [5.41, 5.74) is 1.55. The highest BCUT2D eigenvalue weighted by atomic mass is 127. The standard InChI is InChI=1S/C24H13BrCl2INO5/c1-32-20-10-12(8-17(27)21(20)33-23(30)13-2-5-15(26)6-3-13)9-19-24(31)34-22(29-19)14-4-7-18(28)16(25)11-14/h2-11H,1H3/b19-9-. The number of nitrogens with zero attached hydrogens (tertiary/aromatic N) is 1. The van der Waals surface area contributed by atoms with Crippen LogP contribution >= 0.6 is 61.7 Å². The van der Waals surface area contributed by atoms with Crippen LogP contribution in [-0.2, 0) is 9.53 Å². The van der Waals surface area contributed by atoms with Crippen LogP contribution in [0.3, 0.4) is 0 Å². The molecule has 1 heterocycles. The van der Waals surface area contributed by atoms with Crippen LogP contribution < -0.4 is 9.47 Å². The third kappa shape index (κ3) is 5.46. The molecule has 3 aromatic carbocycles. The summed E-state index contributed by atoms with van der Waals surface area (Å²) in [6, 6.07) is 14.9. The van der Waals surface area contributed by atoms with E-state index in [4.69, 9.17) is 37.4 Å². The highest BCUT2D eigenvalue weighted by Crippen LogP contribution is 2.38. The minimum Gasteiger partial charge on any atom is -0.493 e. The highest BCUT2D eigenvalue weighted by Gasteiger charge is 2.25. The minimum atomic E-state index is -0.625. The predicted molar refractivity (Wildman–Crippen MR) is 142 cm³/mol. The molecule has 0 fully saturated rings. The number of ether oxygens (including phenoxy) is 3. The van der Waals surface area contributed by atoms with Crippen molar-refractivity contribution in [3.8, 4) is 11.5 Å². The Morgan fingerprint density at radius 2 is 1.85 bits per heavy atom. The molecule has 1 aliphatic heterocycles. The van der Waals surface area contributed by atoms with Crippen LogP contribution in [0.1, 0.15) is 21.5 Å². The molecule has 172 valence electrons. The first-order valence-corrected chi connectivity index (χ1v) is 12.2. The molecule has 0 amide bonds. The molecule has 34 heavy (non-hydrogen) atoms. The molecular formula is C24H13BrCl2INO5. The number of methoxy groups -OCH3 is 1. The van der Waals surface area contributed by atoms with Crippen molar-refractivity contribution in [3.63, 3.8) is 0 Å². The van der Waals surface area contributed by atoms with E-state index < -0.39 is 11.9 Å². The number of halogens is 4. The lowest BCUT2D eigenvalue weighted by Gasteiger charge is -2.12. The summed E-state index contributed by atoms with van der Waals surface area (Å²) in [7, 11) is 1.41. The molecule has 0 saturated heterocycles. The fraction of sp³-hybridized carbons (Fsp3) is 0.0417. The van der Waals surface area contributed by atoms with Gasteiger partial charge in [-0.05, 0) is 105 Å². The minimum absolute atomic E-state index is 0.0493. The first kappa shape index (κ1) is 24.7. The molecule has 0 aromatic heterocycles. The SMILES string of the molecule is COc1cc(/C=C2\N=C(c3ccc(I)c(Br)c3)OC2=O)cc(Cl)c1OC(=O)c1ccc(Cl)cc1. The van der Waals surface area contributed by atoms with Crippen LogP contribution in [0.2, 0.25) is 10.0 Å². The summed E-state index contributed by atoms with van der Waals surface area (Å²) >= 11 is 17.9. The van der Waals surface area contributed by atoms with E-state index in [-0.39, 0.29) is 28.1 Å². The normalized spacial score (nSPS) is 14.1. The summed E-state index contributed by atoms with van der Waals surface area (Å²) in [5, 5.41) is 0.612. The predicted octanol–water partition coefficient (Wildman–Crippen LogP) is 6.93. The van der Waals surface area contributed by atoms with Crippen LogP contribution in [0.15, 0.2) is 69.8 Å². The molecule has 4 rings (SSSR count). The van der Waals surface area contributed by atoms with E-state index in [1.165, 1.54) is 31.4 Å². The van der Waals surface area contributed by atoms with Gasteiger partial charge in [-0.2, -0.15) is 0 Å². The van der Waals surface area contributed by atoms with Gasteiger partial charge in [0.05, 0.1) is 17.7 Å². The van der Waals surface area contributed by atoms with E-state index >= 15 is 0 Å². The number of carbonyl (C=O) groups is 2. The zero-order valence-electron chi connectivity index (χ0n) is 17.3. The van der Waals surface area contributed by atoms with Crippen molar-refractivity contribution in [1.29, 1.82) is 0 Å². The Balaban J connectivity index is 1.62. The average molecular weight is 673 g/mol. The van der Waals surface area contributed by atoms with Crippen molar-refractivity contribution < 1.29 is 23.8 Å². The number of cyclic esters (lactones) is 1. The van der Waals surface area contributed by atoms with E-state index in [9.17, 15) is 9.59 Å². The molecule has 0 spiro atoms. The lowest BCUT2D eigenvalue weighted by Crippen LogP contribution is -2.09. The van der Waals surface area contributed by atoms with Gasteiger partial charge in [-0.15, -0.1) is 0 Å². The quantitative estimate of drug-likeness (QED) is 0.127. The first-order valence-electron chi connectivity index (χ1n) is 9.58. The molecule has 0 atom stereocenters. The molecule has 0 aliphatic carbocycles. The number of carbonyl (C=O) groups excluding carboxylic acids is 2. The van der Waals surface area contributed by atoms with E-state index in [1.807, 2.05) is 18.2 Å². The van der Waals surface area contributed by atoms with Crippen LogP contribution in [0.4, 0.5) is 0 Å². The van der Waals surface area contributed by atoms with Gasteiger partial charge in [-0.1, -0.05) is 23.2 Å². The molecular weight excluding hydrogens is 660 g/mol. The largest absolute Gasteiger partial charge is 0.493 e. The fourth-order valence-electron chi connectivity index (χ4n) is 2.98. The summed E-state index contributed by atoms with van der Waals surface area (Å²) in [4.78, 5) is 29.2. The molecule has 3 aromatic rings. The van der Waals surface area contributed by atoms with Crippen LogP contribution in [0.5, 0.6) is 11.5 Å². The Labute approximate surface area is 226 Å². The topological polar surface area (TPSA) is 74.2 Å². The van der Waals surface area contributed by atoms with Crippen LogP contribution in [0, 0.1) is 3.57 Å². The Bertz CT molecular complexity index is 1370. The fourth-order valence-corrected chi connectivity index (χ4v) is 4.08. The zero-order chi connectivity index (χ0) is 24.4. The third-order valence-electron chi connectivity index (χ3n) is 4.62. The average Bonchev–Trinajstić information content (AvgIpc) is 3.17. The van der Waals surface area contributed by atoms with Gasteiger partial charge >= 0.3 is 11.9 Å². The number of rotatable bonds is 5. The maximum Gasteiger partial charge on any atom is 0.363 e. The van der Waals surface area contributed by atoms with E-state index in [0.717, 1.165) is 8.04 Å².